The molecule has 1 aliphatic rings. The molecule has 0 spiro atoms. The number of aryl methyl sites for hydroxylation is 1. The number of imidazole rings is 1. The summed E-state index contributed by atoms with van der Waals surface area (Å²) in [6.45, 7) is 2.50. The predicted octanol–water partition coefficient (Wildman–Crippen LogP) is 2.63. The third-order valence-electron chi connectivity index (χ3n) is 5.59. The molecule has 1 amide bonds. The van der Waals surface area contributed by atoms with Gasteiger partial charge in [-0.1, -0.05) is 0 Å². The number of aromatic nitrogens is 4. The molecule has 31 heavy (non-hydrogen) atoms. The van der Waals surface area contributed by atoms with E-state index < -0.39 is 23.6 Å². The predicted molar refractivity (Wildman–Crippen MR) is 103 cm³/mol. The van der Waals surface area contributed by atoms with Crippen LogP contribution in [0.1, 0.15) is 47.5 Å². The van der Waals surface area contributed by atoms with Crippen LogP contribution in [0.4, 0.5) is 13.2 Å². The second kappa shape index (κ2) is 6.81. The number of alkyl halides is 3. The monoisotopic (exact) mass is 432 g/mol. The van der Waals surface area contributed by atoms with Crippen molar-refractivity contribution in [1.82, 2.24) is 24.2 Å². The summed E-state index contributed by atoms with van der Waals surface area (Å²) in [4.78, 5) is 18.7. The van der Waals surface area contributed by atoms with Gasteiger partial charge in [0.05, 0.1) is 41.6 Å². The maximum absolute atomic E-state index is 13.3. The first-order valence-corrected chi connectivity index (χ1v) is 9.47. The van der Waals surface area contributed by atoms with Gasteiger partial charge in [0.1, 0.15) is 5.69 Å². The number of aliphatic hydroxyl groups is 1. The molecule has 0 fully saturated rings. The van der Waals surface area contributed by atoms with Crippen LogP contribution in [-0.4, -0.2) is 48.0 Å². The average molecular weight is 432 g/mol. The second-order valence-corrected chi connectivity index (χ2v) is 7.86. The number of nitrogens with zero attached hydrogens (tertiary/aromatic N) is 6. The van der Waals surface area contributed by atoms with E-state index in [0.29, 0.717) is 34.8 Å². The molecule has 8 nitrogen and oxygen atoms in total. The average Bonchev–Trinajstić information content (AvgIpc) is 3.26. The van der Waals surface area contributed by atoms with Crippen molar-refractivity contribution in [1.29, 1.82) is 5.26 Å². The Hall–Kier alpha value is -3.39. The van der Waals surface area contributed by atoms with Gasteiger partial charge in [-0.3, -0.25) is 9.48 Å². The molecule has 2 atom stereocenters. The Bertz CT molecular complexity index is 1230. The molecule has 162 valence electrons. The van der Waals surface area contributed by atoms with Crippen LogP contribution >= 0.6 is 0 Å². The summed E-state index contributed by atoms with van der Waals surface area (Å²) in [5.74, 6) is -0.831. The first kappa shape index (κ1) is 20.9. The number of hydrogen-bond donors (Lipinski definition) is 1. The van der Waals surface area contributed by atoms with E-state index in [1.54, 1.807) is 32.2 Å². The lowest BCUT2D eigenvalue weighted by molar-refractivity contribution is -0.263. The molecule has 3 heterocycles. The number of fused-ring (bicyclic) bond motifs is 2. The van der Waals surface area contributed by atoms with Crippen molar-refractivity contribution >= 4 is 16.8 Å². The van der Waals surface area contributed by atoms with Crippen molar-refractivity contribution in [2.45, 2.75) is 38.2 Å². The minimum Gasteiger partial charge on any atom is -0.374 e. The number of carbonyl (C=O) groups excluding carboxylic acids is 1. The molecule has 1 N–H and O–H groups in total. The van der Waals surface area contributed by atoms with Gasteiger partial charge in [0.2, 0.25) is 5.60 Å². The van der Waals surface area contributed by atoms with Gasteiger partial charge >= 0.3 is 6.18 Å². The lowest BCUT2D eigenvalue weighted by atomic mass is 10.0. The summed E-state index contributed by atoms with van der Waals surface area (Å²) in [6, 6.07) is 6.33. The fourth-order valence-electron chi connectivity index (χ4n) is 3.98. The quantitative estimate of drug-likeness (QED) is 0.671. The van der Waals surface area contributed by atoms with Crippen LogP contribution in [0.25, 0.3) is 10.9 Å². The SMILES string of the molecule is CC1CN(C(=O)c2c3ccc(C#N)cc3nn2C)Cc2cnc(C(C)(O)C(F)(F)F)n21. The number of nitriles is 1. The topological polar surface area (TPSA) is 100.0 Å². The number of amides is 1. The van der Waals surface area contributed by atoms with Crippen molar-refractivity contribution < 1.29 is 23.1 Å². The van der Waals surface area contributed by atoms with Gasteiger partial charge in [-0.05, 0) is 32.0 Å². The second-order valence-electron chi connectivity index (χ2n) is 7.86. The molecule has 0 bridgehead atoms. The lowest BCUT2D eigenvalue weighted by Crippen LogP contribution is -2.46. The first-order valence-electron chi connectivity index (χ1n) is 9.47. The van der Waals surface area contributed by atoms with Crippen LogP contribution in [0, 0.1) is 11.3 Å². The zero-order chi connectivity index (χ0) is 22.7. The molecule has 11 heteroatoms. The number of hydrogen-bond acceptors (Lipinski definition) is 5. The molecule has 0 saturated carbocycles. The smallest absolute Gasteiger partial charge is 0.374 e. The molecule has 1 aromatic carbocycles. The molecule has 0 aliphatic carbocycles. The number of benzene rings is 1. The molecule has 4 rings (SSSR count). The zero-order valence-electron chi connectivity index (χ0n) is 17.0. The Morgan fingerprint density at radius 1 is 1.35 bits per heavy atom. The van der Waals surface area contributed by atoms with Crippen molar-refractivity contribution in [3.63, 3.8) is 0 Å². The van der Waals surface area contributed by atoms with E-state index in [9.17, 15) is 23.1 Å². The minimum atomic E-state index is -4.89. The van der Waals surface area contributed by atoms with Gasteiger partial charge in [-0.15, -0.1) is 0 Å². The van der Waals surface area contributed by atoms with E-state index in [0.717, 1.165) is 0 Å². The molecule has 0 saturated heterocycles. The Morgan fingerprint density at radius 2 is 2.06 bits per heavy atom. The Morgan fingerprint density at radius 3 is 2.71 bits per heavy atom. The maximum Gasteiger partial charge on any atom is 0.424 e. The molecule has 1 aliphatic heterocycles. The molecule has 3 aromatic rings. The molecule has 2 aromatic heterocycles. The van der Waals surface area contributed by atoms with Gasteiger partial charge in [0.15, 0.2) is 5.82 Å². The van der Waals surface area contributed by atoms with Crippen LogP contribution in [0.15, 0.2) is 24.4 Å². The van der Waals surface area contributed by atoms with Gasteiger partial charge < -0.3 is 14.6 Å². The van der Waals surface area contributed by atoms with E-state index in [1.807, 2.05) is 6.07 Å². The summed E-state index contributed by atoms with van der Waals surface area (Å²) in [6.07, 6.45) is -3.64. The summed E-state index contributed by atoms with van der Waals surface area (Å²) in [5.41, 5.74) is -1.47. The fraction of sp³-hybridized carbons (Fsp3) is 0.400. The third-order valence-corrected chi connectivity index (χ3v) is 5.59. The molecular formula is C20H19F3N6O2. The Kier molecular flexibility index (Phi) is 4.59. The van der Waals surface area contributed by atoms with E-state index in [4.69, 9.17) is 5.26 Å². The van der Waals surface area contributed by atoms with Gasteiger partial charge in [-0.2, -0.15) is 23.5 Å². The van der Waals surface area contributed by atoms with Crippen LogP contribution in [0.2, 0.25) is 0 Å². The highest BCUT2D eigenvalue weighted by molar-refractivity contribution is 6.05. The summed E-state index contributed by atoms with van der Waals surface area (Å²) in [5, 5.41) is 24.0. The summed E-state index contributed by atoms with van der Waals surface area (Å²) >= 11 is 0. The molecule has 2 unspecified atom stereocenters. The van der Waals surface area contributed by atoms with Gasteiger partial charge in [0.25, 0.3) is 5.91 Å². The van der Waals surface area contributed by atoms with E-state index in [-0.39, 0.29) is 19.0 Å². The van der Waals surface area contributed by atoms with Gasteiger partial charge in [0, 0.05) is 19.0 Å². The van der Waals surface area contributed by atoms with Crippen LogP contribution in [0.3, 0.4) is 0 Å². The Balaban J connectivity index is 1.70. The number of carbonyl (C=O) groups is 1. The van der Waals surface area contributed by atoms with Crippen LogP contribution in [-0.2, 0) is 19.2 Å². The van der Waals surface area contributed by atoms with E-state index in [1.165, 1.54) is 20.3 Å². The van der Waals surface area contributed by atoms with Crippen molar-refractivity contribution in [3.8, 4) is 6.07 Å². The Labute approximate surface area is 175 Å². The zero-order valence-corrected chi connectivity index (χ0v) is 17.0. The van der Waals surface area contributed by atoms with Gasteiger partial charge in [-0.25, -0.2) is 4.98 Å². The highest BCUT2D eigenvalue weighted by Crippen LogP contribution is 2.40. The molecule has 0 radical (unpaired) electrons. The van der Waals surface area contributed by atoms with E-state index in [2.05, 4.69) is 10.1 Å². The maximum atomic E-state index is 13.3. The fourth-order valence-corrected chi connectivity index (χ4v) is 3.98. The largest absolute Gasteiger partial charge is 0.424 e. The first-order chi connectivity index (χ1) is 14.5. The van der Waals surface area contributed by atoms with Crippen LogP contribution in [0.5, 0.6) is 0 Å². The normalized spacial score (nSPS) is 18.5. The lowest BCUT2D eigenvalue weighted by Gasteiger charge is -2.36. The van der Waals surface area contributed by atoms with E-state index >= 15 is 0 Å². The summed E-state index contributed by atoms with van der Waals surface area (Å²) < 4.78 is 42.8. The standard InChI is InChI=1S/C20H19F3N6O2/c1-11-9-28(10-13-8-25-18(29(11)13)19(2,31)20(21,22)23)17(30)16-14-5-4-12(7-24)6-15(14)26-27(16)3/h4-6,8,11,31H,9-10H2,1-3H3. The van der Waals surface area contributed by atoms with Crippen molar-refractivity contribution in [3.05, 3.63) is 47.2 Å². The van der Waals surface area contributed by atoms with Crippen LogP contribution < -0.4 is 0 Å². The third kappa shape index (κ3) is 3.14. The summed E-state index contributed by atoms with van der Waals surface area (Å²) in [7, 11) is 1.62. The highest BCUT2D eigenvalue weighted by atomic mass is 19.4. The highest BCUT2D eigenvalue weighted by Gasteiger charge is 2.55. The minimum absolute atomic E-state index is 0.0348. The molecular weight excluding hydrogens is 413 g/mol. The number of halogens is 3. The number of rotatable bonds is 2. The van der Waals surface area contributed by atoms with Crippen molar-refractivity contribution in [2.75, 3.05) is 6.54 Å². The van der Waals surface area contributed by atoms with Crippen molar-refractivity contribution in [2.24, 2.45) is 7.05 Å².